The van der Waals surface area contributed by atoms with Gasteiger partial charge in [-0.2, -0.15) is 5.10 Å². The standard InChI is InChI=1S/C10H15N5/c1-7-10(8(2)14-13-7)12-5-9-4-11-6-15(9)3/h4,6,12H,5H2,1-3H3,(H,13,14). The number of H-pyrrole nitrogens is 1. The molecule has 0 atom stereocenters. The second kappa shape index (κ2) is 3.76. The Balaban J connectivity index is 2.08. The second-order valence-electron chi connectivity index (χ2n) is 3.66. The Morgan fingerprint density at radius 1 is 1.47 bits per heavy atom. The van der Waals surface area contributed by atoms with Gasteiger partial charge in [-0.15, -0.1) is 0 Å². The van der Waals surface area contributed by atoms with Crippen molar-refractivity contribution in [2.24, 2.45) is 7.05 Å². The van der Waals surface area contributed by atoms with Crippen LogP contribution in [0.5, 0.6) is 0 Å². The maximum atomic E-state index is 4.13. The number of aromatic amines is 1. The van der Waals surface area contributed by atoms with Gasteiger partial charge in [-0.25, -0.2) is 4.98 Å². The van der Waals surface area contributed by atoms with E-state index >= 15 is 0 Å². The van der Waals surface area contributed by atoms with Crippen LogP contribution in [0.2, 0.25) is 0 Å². The minimum Gasteiger partial charge on any atom is -0.376 e. The number of hydrogen-bond donors (Lipinski definition) is 2. The lowest BCUT2D eigenvalue weighted by molar-refractivity contribution is 0.837. The van der Waals surface area contributed by atoms with Crippen molar-refractivity contribution in [3.8, 4) is 0 Å². The zero-order chi connectivity index (χ0) is 10.8. The summed E-state index contributed by atoms with van der Waals surface area (Å²) in [5.74, 6) is 0. The van der Waals surface area contributed by atoms with Crippen molar-refractivity contribution >= 4 is 5.69 Å². The summed E-state index contributed by atoms with van der Waals surface area (Å²) in [6.45, 7) is 4.75. The molecule has 2 aromatic rings. The zero-order valence-electron chi connectivity index (χ0n) is 9.20. The minimum absolute atomic E-state index is 0.762. The van der Waals surface area contributed by atoms with E-state index in [-0.39, 0.29) is 0 Å². The number of rotatable bonds is 3. The molecule has 5 nitrogen and oxygen atoms in total. The molecule has 2 N–H and O–H groups in total. The zero-order valence-corrected chi connectivity index (χ0v) is 9.20. The molecule has 2 aromatic heterocycles. The molecule has 0 fully saturated rings. The van der Waals surface area contributed by atoms with Crippen LogP contribution < -0.4 is 5.32 Å². The van der Waals surface area contributed by atoms with E-state index in [1.165, 1.54) is 0 Å². The fourth-order valence-corrected chi connectivity index (χ4v) is 1.55. The Morgan fingerprint density at radius 2 is 2.27 bits per heavy atom. The quantitative estimate of drug-likeness (QED) is 0.795. The van der Waals surface area contributed by atoms with Gasteiger partial charge in [-0.3, -0.25) is 5.10 Å². The molecule has 0 amide bonds. The fourth-order valence-electron chi connectivity index (χ4n) is 1.55. The van der Waals surface area contributed by atoms with E-state index in [9.17, 15) is 0 Å². The number of hydrogen-bond acceptors (Lipinski definition) is 3. The van der Waals surface area contributed by atoms with Gasteiger partial charge < -0.3 is 9.88 Å². The van der Waals surface area contributed by atoms with Crippen LogP contribution in [0, 0.1) is 13.8 Å². The van der Waals surface area contributed by atoms with Crippen LogP contribution >= 0.6 is 0 Å². The predicted molar refractivity (Wildman–Crippen MR) is 58.6 cm³/mol. The highest BCUT2D eigenvalue weighted by atomic mass is 15.2. The van der Waals surface area contributed by atoms with Crippen molar-refractivity contribution in [1.82, 2.24) is 19.7 Å². The van der Waals surface area contributed by atoms with Crippen LogP contribution in [-0.2, 0) is 13.6 Å². The summed E-state index contributed by atoms with van der Waals surface area (Å²) in [6, 6.07) is 0. The third-order valence-electron chi connectivity index (χ3n) is 2.49. The molecule has 0 aromatic carbocycles. The van der Waals surface area contributed by atoms with E-state index in [0.717, 1.165) is 29.3 Å². The highest BCUT2D eigenvalue weighted by molar-refractivity contribution is 5.51. The van der Waals surface area contributed by atoms with E-state index in [4.69, 9.17) is 0 Å². The first-order chi connectivity index (χ1) is 7.18. The molecule has 5 heteroatoms. The molecule has 0 bridgehead atoms. The maximum absolute atomic E-state index is 4.13. The van der Waals surface area contributed by atoms with Crippen molar-refractivity contribution in [2.75, 3.05) is 5.32 Å². The molecule has 2 heterocycles. The molecular weight excluding hydrogens is 190 g/mol. The van der Waals surface area contributed by atoms with Crippen molar-refractivity contribution in [3.05, 3.63) is 29.6 Å². The summed E-state index contributed by atoms with van der Waals surface area (Å²) in [6.07, 6.45) is 3.66. The van der Waals surface area contributed by atoms with Gasteiger partial charge in [0.25, 0.3) is 0 Å². The SMILES string of the molecule is Cc1n[nH]c(C)c1NCc1cncn1C. The third kappa shape index (κ3) is 1.86. The van der Waals surface area contributed by atoms with Crippen molar-refractivity contribution in [2.45, 2.75) is 20.4 Å². The van der Waals surface area contributed by atoms with Gasteiger partial charge in [-0.05, 0) is 13.8 Å². The van der Waals surface area contributed by atoms with E-state index in [2.05, 4.69) is 20.5 Å². The summed E-state index contributed by atoms with van der Waals surface area (Å²) < 4.78 is 2.00. The predicted octanol–water partition coefficient (Wildman–Crippen LogP) is 1.37. The number of imidazole rings is 1. The average molecular weight is 205 g/mol. The molecule has 0 unspecified atom stereocenters. The Kier molecular flexibility index (Phi) is 2.45. The summed E-state index contributed by atoms with van der Waals surface area (Å²) in [5.41, 5.74) is 4.29. The van der Waals surface area contributed by atoms with Crippen LogP contribution in [0.3, 0.4) is 0 Å². The summed E-state index contributed by atoms with van der Waals surface area (Å²) in [5, 5.41) is 10.4. The molecule has 80 valence electrons. The van der Waals surface area contributed by atoms with E-state index in [1.807, 2.05) is 31.7 Å². The van der Waals surface area contributed by atoms with Crippen LogP contribution in [0.4, 0.5) is 5.69 Å². The van der Waals surface area contributed by atoms with Crippen molar-refractivity contribution in [1.29, 1.82) is 0 Å². The van der Waals surface area contributed by atoms with E-state index < -0.39 is 0 Å². The number of nitrogens with one attached hydrogen (secondary N) is 2. The van der Waals surface area contributed by atoms with Crippen LogP contribution in [0.1, 0.15) is 17.1 Å². The van der Waals surface area contributed by atoms with E-state index in [0.29, 0.717) is 0 Å². The smallest absolute Gasteiger partial charge is 0.0946 e. The first kappa shape index (κ1) is 9.76. The molecule has 0 aliphatic heterocycles. The molecule has 0 aliphatic rings. The minimum atomic E-state index is 0.762. The highest BCUT2D eigenvalue weighted by Gasteiger charge is 2.06. The molecule has 15 heavy (non-hydrogen) atoms. The van der Waals surface area contributed by atoms with Crippen molar-refractivity contribution in [3.63, 3.8) is 0 Å². The van der Waals surface area contributed by atoms with Crippen LogP contribution in [0.15, 0.2) is 12.5 Å². The number of anilines is 1. The van der Waals surface area contributed by atoms with Gasteiger partial charge in [0, 0.05) is 13.2 Å². The normalized spacial score (nSPS) is 10.6. The van der Waals surface area contributed by atoms with Gasteiger partial charge in [0.05, 0.1) is 35.6 Å². The van der Waals surface area contributed by atoms with E-state index in [1.54, 1.807) is 6.33 Å². The first-order valence-electron chi connectivity index (χ1n) is 4.89. The lowest BCUT2D eigenvalue weighted by Gasteiger charge is -2.06. The second-order valence-corrected chi connectivity index (χ2v) is 3.66. The van der Waals surface area contributed by atoms with Gasteiger partial charge >= 0.3 is 0 Å². The fraction of sp³-hybridized carbons (Fsp3) is 0.400. The lowest BCUT2D eigenvalue weighted by atomic mass is 10.3. The molecule has 2 rings (SSSR count). The molecular formula is C10H15N5. The molecule has 0 saturated carbocycles. The monoisotopic (exact) mass is 205 g/mol. The molecule has 0 saturated heterocycles. The number of aromatic nitrogens is 4. The Morgan fingerprint density at radius 3 is 2.80 bits per heavy atom. The topological polar surface area (TPSA) is 58.5 Å². The van der Waals surface area contributed by atoms with Gasteiger partial charge in [0.1, 0.15) is 0 Å². The van der Waals surface area contributed by atoms with Gasteiger partial charge in [-0.1, -0.05) is 0 Å². The van der Waals surface area contributed by atoms with Crippen LogP contribution in [-0.4, -0.2) is 19.7 Å². The average Bonchev–Trinajstić information content (AvgIpc) is 2.73. The highest BCUT2D eigenvalue weighted by Crippen LogP contribution is 2.16. The first-order valence-corrected chi connectivity index (χ1v) is 4.89. The van der Waals surface area contributed by atoms with Gasteiger partial charge in [0.15, 0.2) is 0 Å². The van der Waals surface area contributed by atoms with Gasteiger partial charge in [0.2, 0.25) is 0 Å². The largest absolute Gasteiger partial charge is 0.376 e. The summed E-state index contributed by atoms with van der Waals surface area (Å²) in [4.78, 5) is 4.07. The Hall–Kier alpha value is -1.78. The van der Waals surface area contributed by atoms with Crippen molar-refractivity contribution < 1.29 is 0 Å². The van der Waals surface area contributed by atoms with Crippen LogP contribution in [0.25, 0.3) is 0 Å². The number of aryl methyl sites for hydroxylation is 3. The Bertz CT molecular complexity index is 435. The Labute approximate surface area is 88.5 Å². The third-order valence-corrected chi connectivity index (χ3v) is 2.49. The molecule has 0 spiro atoms. The molecule has 0 aliphatic carbocycles. The number of nitrogens with zero attached hydrogens (tertiary/aromatic N) is 3. The lowest BCUT2D eigenvalue weighted by Crippen LogP contribution is -2.05. The summed E-state index contributed by atoms with van der Waals surface area (Å²) >= 11 is 0. The summed E-state index contributed by atoms with van der Waals surface area (Å²) in [7, 11) is 1.99. The molecule has 0 radical (unpaired) electrons. The maximum Gasteiger partial charge on any atom is 0.0946 e.